The number of hydrogen-bond donors (Lipinski definition) is 1. The van der Waals surface area contributed by atoms with E-state index in [4.69, 9.17) is 11.6 Å². The van der Waals surface area contributed by atoms with E-state index in [-0.39, 0.29) is 11.9 Å². The number of rotatable bonds is 3. The zero-order valence-corrected chi connectivity index (χ0v) is 17.6. The molecule has 1 N–H and O–H groups in total. The Morgan fingerprint density at radius 2 is 2.00 bits per heavy atom. The van der Waals surface area contributed by atoms with E-state index < -0.39 is 0 Å². The van der Waals surface area contributed by atoms with E-state index in [1.807, 2.05) is 48.0 Å². The van der Waals surface area contributed by atoms with Gasteiger partial charge in [0.25, 0.3) is 5.91 Å². The molecule has 2 heterocycles. The van der Waals surface area contributed by atoms with Crippen LogP contribution in [-0.4, -0.2) is 15.7 Å². The number of hydrogen-bond acceptors (Lipinski definition) is 3. The van der Waals surface area contributed by atoms with Crippen LogP contribution in [0.5, 0.6) is 0 Å². The molecule has 0 fully saturated rings. The highest BCUT2D eigenvalue weighted by molar-refractivity contribution is 7.20. The van der Waals surface area contributed by atoms with Crippen molar-refractivity contribution in [2.45, 2.75) is 32.2 Å². The Balaban J connectivity index is 1.46. The van der Waals surface area contributed by atoms with E-state index >= 15 is 0 Å². The number of thiophene rings is 1. The van der Waals surface area contributed by atoms with Crippen LogP contribution in [0.2, 0.25) is 5.02 Å². The van der Waals surface area contributed by atoms with Crippen LogP contribution >= 0.6 is 22.9 Å². The Hall–Kier alpha value is -2.63. The van der Waals surface area contributed by atoms with E-state index in [9.17, 15) is 4.79 Å². The average molecular weight is 422 g/mol. The quantitative estimate of drug-likeness (QED) is 0.450. The third-order valence-electron chi connectivity index (χ3n) is 5.51. The van der Waals surface area contributed by atoms with Crippen LogP contribution in [0.25, 0.3) is 15.9 Å². The minimum absolute atomic E-state index is 0.0186. The number of nitrogens with one attached hydrogen (secondary N) is 1. The van der Waals surface area contributed by atoms with Crippen molar-refractivity contribution in [1.29, 1.82) is 0 Å². The molecule has 2 aromatic carbocycles. The van der Waals surface area contributed by atoms with Crippen LogP contribution < -0.4 is 5.32 Å². The number of carbonyl (C=O) groups is 1. The van der Waals surface area contributed by atoms with Gasteiger partial charge in [-0.05, 0) is 67.6 Å². The van der Waals surface area contributed by atoms with Gasteiger partial charge in [-0.3, -0.25) is 4.79 Å². The first-order valence-corrected chi connectivity index (χ1v) is 10.9. The third-order valence-corrected chi connectivity index (χ3v) is 6.88. The molecule has 0 unspecified atom stereocenters. The molecule has 1 aliphatic carbocycles. The number of fused-ring (bicyclic) bond motifs is 2. The molecule has 4 aromatic rings. The van der Waals surface area contributed by atoms with Gasteiger partial charge >= 0.3 is 0 Å². The van der Waals surface area contributed by atoms with Crippen molar-refractivity contribution in [3.05, 3.63) is 81.3 Å². The molecule has 1 amide bonds. The largest absolute Gasteiger partial charge is 0.345 e. The Morgan fingerprint density at radius 1 is 1.21 bits per heavy atom. The molecule has 0 aliphatic heterocycles. The Morgan fingerprint density at radius 3 is 2.83 bits per heavy atom. The number of amides is 1. The van der Waals surface area contributed by atoms with Gasteiger partial charge in [0.05, 0.1) is 22.3 Å². The van der Waals surface area contributed by atoms with Crippen molar-refractivity contribution >= 4 is 39.1 Å². The fourth-order valence-electron chi connectivity index (χ4n) is 4.05. The molecule has 0 spiro atoms. The molecule has 0 saturated carbocycles. The van der Waals surface area contributed by atoms with Crippen LogP contribution in [0.3, 0.4) is 0 Å². The second-order valence-electron chi connectivity index (χ2n) is 7.42. The zero-order valence-electron chi connectivity index (χ0n) is 16.0. The summed E-state index contributed by atoms with van der Waals surface area (Å²) < 4.78 is 1.89. The third kappa shape index (κ3) is 3.34. The van der Waals surface area contributed by atoms with E-state index in [2.05, 4.69) is 28.6 Å². The highest BCUT2D eigenvalue weighted by Gasteiger charge is 2.24. The number of halogens is 1. The standard InChI is InChI=1S/C23H20ClN3OS/c1-14-19-13-21(29-23(19)27(26-14)17-11-9-16(24)10-12-17)22(28)25-20-8-4-6-15-5-2-3-7-18(15)20/h2-3,5,7,9-13,20H,4,6,8H2,1H3,(H,25,28)/t20-/m0/s1. The van der Waals surface area contributed by atoms with E-state index in [0.717, 1.165) is 40.9 Å². The minimum Gasteiger partial charge on any atom is -0.345 e. The molecule has 0 saturated heterocycles. The van der Waals surface area contributed by atoms with Crippen molar-refractivity contribution < 1.29 is 4.79 Å². The summed E-state index contributed by atoms with van der Waals surface area (Å²) in [5, 5.41) is 9.60. The van der Waals surface area contributed by atoms with Gasteiger partial charge in [-0.2, -0.15) is 5.10 Å². The summed E-state index contributed by atoms with van der Waals surface area (Å²) in [6.07, 6.45) is 3.16. The van der Waals surface area contributed by atoms with Crippen molar-refractivity contribution in [2.75, 3.05) is 0 Å². The number of carbonyl (C=O) groups excluding carboxylic acids is 1. The van der Waals surface area contributed by atoms with Gasteiger partial charge in [0.1, 0.15) is 4.83 Å². The normalized spacial score (nSPS) is 16.0. The fraction of sp³-hybridized carbons (Fsp3) is 0.217. The highest BCUT2D eigenvalue weighted by atomic mass is 35.5. The minimum atomic E-state index is -0.0186. The SMILES string of the molecule is Cc1nn(-c2ccc(Cl)cc2)c2sc(C(=O)N[C@H]3CCCc4ccccc43)cc12. The van der Waals surface area contributed by atoms with Crippen LogP contribution in [0, 0.1) is 6.92 Å². The lowest BCUT2D eigenvalue weighted by atomic mass is 9.88. The van der Waals surface area contributed by atoms with Crippen LogP contribution in [-0.2, 0) is 6.42 Å². The van der Waals surface area contributed by atoms with Crippen molar-refractivity contribution in [1.82, 2.24) is 15.1 Å². The summed E-state index contributed by atoms with van der Waals surface area (Å²) in [7, 11) is 0. The number of nitrogens with zero attached hydrogens (tertiary/aromatic N) is 2. The zero-order chi connectivity index (χ0) is 20.0. The van der Waals surface area contributed by atoms with Crippen LogP contribution in [0.1, 0.15) is 45.4 Å². The second-order valence-corrected chi connectivity index (χ2v) is 8.89. The van der Waals surface area contributed by atoms with Gasteiger partial charge in [0.2, 0.25) is 0 Å². The molecule has 0 radical (unpaired) electrons. The van der Waals surface area contributed by atoms with Gasteiger partial charge in [-0.15, -0.1) is 11.3 Å². The van der Waals surface area contributed by atoms with Crippen molar-refractivity contribution in [3.8, 4) is 5.69 Å². The molecule has 1 atom stereocenters. The molecule has 2 aromatic heterocycles. The molecule has 0 bridgehead atoms. The second kappa shape index (κ2) is 7.32. The summed E-state index contributed by atoms with van der Waals surface area (Å²) in [5.41, 5.74) is 4.43. The molecule has 6 heteroatoms. The Kier molecular flexibility index (Phi) is 4.64. The molecular weight excluding hydrogens is 402 g/mol. The first kappa shape index (κ1) is 18.4. The maximum atomic E-state index is 13.0. The lowest BCUT2D eigenvalue weighted by Gasteiger charge is -2.26. The van der Waals surface area contributed by atoms with Gasteiger partial charge in [-0.25, -0.2) is 4.68 Å². The monoisotopic (exact) mass is 421 g/mol. The van der Waals surface area contributed by atoms with Crippen LogP contribution in [0.15, 0.2) is 54.6 Å². The molecule has 1 aliphatic rings. The summed E-state index contributed by atoms with van der Waals surface area (Å²) in [5.74, 6) is -0.0186. The first-order valence-electron chi connectivity index (χ1n) is 9.74. The maximum absolute atomic E-state index is 13.0. The summed E-state index contributed by atoms with van der Waals surface area (Å²) >= 11 is 7.49. The Bertz CT molecular complexity index is 1210. The molecule has 29 heavy (non-hydrogen) atoms. The number of aryl methyl sites for hydroxylation is 2. The van der Waals surface area contributed by atoms with E-state index in [1.165, 1.54) is 22.5 Å². The predicted molar refractivity (Wildman–Crippen MR) is 118 cm³/mol. The maximum Gasteiger partial charge on any atom is 0.261 e. The lowest BCUT2D eigenvalue weighted by Crippen LogP contribution is -2.30. The average Bonchev–Trinajstić information content (AvgIpc) is 3.30. The number of aromatic nitrogens is 2. The summed E-state index contributed by atoms with van der Waals surface area (Å²) in [6.45, 7) is 1.97. The first-order chi connectivity index (χ1) is 14.1. The summed E-state index contributed by atoms with van der Waals surface area (Å²) in [6, 6.07) is 18.0. The topological polar surface area (TPSA) is 46.9 Å². The fourth-order valence-corrected chi connectivity index (χ4v) is 5.26. The van der Waals surface area contributed by atoms with Crippen molar-refractivity contribution in [3.63, 3.8) is 0 Å². The van der Waals surface area contributed by atoms with E-state index in [1.54, 1.807) is 0 Å². The lowest BCUT2D eigenvalue weighted by molar-refractivity contribution is 0.0937. The number of benzene rings is 2. The van der Waals surface area contributed by atoms with Gasteiger partial charge in [0, 0.05) is 10.4 Å². The molecule has 4 nitrogen and oxygen atoms in total. The Labute approximate surface area is 178 Å². The highest BCUT2D eigenvalue weighted by Crippen LogP contribution is 2.33. The van der Waals surface area contributed by atoms with Crippen LogP contribution in [0.4, 0.5) is 0 Å². The smallest absolute Gasteiger partial charge is 0.261 e. The molecule has 5 rings (SSSR count). The van der Waals surface area contributed by atoms with Gasteiger partial charge in [0.15, 0.2) is 0 Å². The predicted octanol–water partition coefficient (Wildman–Crippen LogP) is 5.86. The van der Waals surface area contributed by atoms with E-state index in [0.29, 0.717) is 9.90 Å². The molecular formula is C23H20ClN3OS. The van der Waals surface area contributed by atoms with Gasteiger partial charge in [-0.1, -0.05) is 35.9 Å². The van der Waals surface area contributed by atoms with Crippen molar-refractivity contribution in [2.24, 2.45) is 0 Å². The van der Waals surface area contributed by atoms with Gasteiger partial charge < -0.3 is 5.32 Å². The summed E-state index contributed by atoms with van der Waals surface area (Å²) in [4.78, 5) is 14.7. The molecule has 146 valence electrons.